The normalized spacial score (nSPS) is 23.6. The Hall–Kier alpha value is -2.50. The van der Waals surface area contributed by atoms with Gasteiger partial charge in [-0.2, -0.15) is 0 Å². The molecule has 0 bridgehead atoms. The van der Waals surface area contributed by atoms with Gasteiger partial charge < -0.3 is 30.5 Å². The topological polar surface area (TPSA) is 167 Å². The van der Waals surface area contributed by atoms with E-state index in [0.29, 0.717) is 18.0 Å². The van der Waals surface area contributed by atoms with Crippen molar-refractivity contribution in [3.8, 4) is 0 Å². The first kappa shape index (κ1) is 23.8. The lowest BCUT2D eigenvalue weighted by atomic mass is 9.91. The largest absolute Gasteiger partial charge is 0.478 e. The number of carboxylic acid groups (broad SMARTS) is 1. The number of nitrogens with one attached hydrogen (secondary N) is 1. The summed E-state index contributed by atoms with van der Waals surface area (Å²) in [4.78, 5) is 24.0. The van der Waals surface area contributed by atoms with Gasteiger partial charge in [-0.3, -0.25) is 4.79 Å². The summed E-state index contributed by atoms with van der Waals surface area (Å²) in [6.07, 6.45) is -1.06. The minimum Gasteiger partial charge on any atom is -0.478 e. The number of aliphatic carboxylic acids is 1. The minimum absolute atomic E-state index is 0.320. The molecule has 168 valence electrons. The van der Waals surface area contributed by atoms with E-state index in [9.17, 15) is 30.0 Å². The lowest BCUT2D eigenvalue weighted by Crippen LogP contribution is -2.59. The van der Waals surface area contributed by atoms with Gasteiger partial charge in [0.05, 0.1) is 24.4 Å². The van der Waals surface area contributed by atoms with Gasteiger partial charge in [-0.15, -0.1) is 5.10 Å². The van der Waals surface area contributed by atoms with Crippen LogP contribution in [-0.4, -0.2) is 78.3 Å². The highest BCUT2D eigenvalue weighted by molar-refractivity contribution is 5.85. The van der Waals surface area contributed by atoms with Gasteiger partial charge in [0.15, 0.2) is 0 Å². The molecule has 11 heteroatoms. The van der Waals surface area contributed by atoms with Gasteiger partial charge in [0.2, 0.25) is 11.7 Å². The second-order valence-corrected chi connectivity index (χ2v) is 8.13. The van der Waals surface area contributed by atoms with Crippen molar-refractivity contribution in [2.75, 3.05) is 6.61 Å². The number of rotatable bonds is 9. The number of hydrogen-bond donors (Lipinski definition) is 5. The summed E-state index contributed by atoms with van der Waals surface area (Å²) in [5.41, 5.74) is 0.684. The number of aliphatic hydroxyl groups excluding tert-OH is 3. The summed E-state index contributed by atoms with van der Waals surface area (Å²) >= 11 is 0. The summed E-state index contributed by atoms with van der Waals surface area (Å²) in [5, 5.41) is 50.0. The van der Waals surface area contributed by atoms with E-state index < -0.39 is 54.6 Å². The van der Waals surface area contributed by atoms with E-state index >= 15 is 0 Å². The molecule has 1 aromatic rings. The van der Waals surface area contributed by atoms with Crippen LogP contribution < -0.4 is 5.32 Å². The Balaban J connectivity index is 2.50. The average molecular weight is 426 g/mol. The second kappa shape index (κ2) is 10.0. The van der Waals surface area contributed by atoms with Gasteiger partial charge in [-0.25, -0.2) is 9.48 Å². The van der Waals surface area contributed by atoms with E-state index in [4.69, 9.17) is 4.74 Å². The maximum atomic E-state index is 12.4. The molecule has 2 rings (SSSR count). The summed E-state index contributed by atoms with van der Waals surface area (Å²) in [6, 6.07) is -1.83. The molecule has 2 heterocycles. The van der Waals surface area contributed by atoms with Crippen LogP contribution in [0.4, 0.5) is 0 Å². The Morgan fingerprint density at radius 3 is 2.47 bits per heavy atom. The number of aliphatic hydroxyl groups is 3. The van der Waals surface area contributed by atoms with Gasteiger partial charge in [-0.05, 0) is 18.4 Å². The van der Waals surface area contributed by atoms with E-state index in [2.05, 4.69) is 15.6 Å². The summed E-state index contributed by atoms with van der Waals surface area (Å²) < 4.78 is 6.82. The molecule has 0 saturated carbocycles. The molecule has 30 heavy (non-hydrogen) atoms. The van der Waals surface area contributed by atoms with Crippen LogP contribution in [0.1, 0.15) is 39.4 Å². The number of carboxylic acids is 1. The molecule has 1 aromatic heterocycles. The second-order valence-electron chi connectivity index (χ2n) is 8.13. The molecule has 0 unspecified atom stereocenters. The predicted octanol–water partition coefficient (Wildman–Crippen LogP) is -0.760. The van der Waals surface area contributed by atoms with Crippen LogP contribution in [0.15, 0.2) is 18.0 Å². The maximum Gasteiger partial charge on any atom is 0.370 e. The van der Waals surface area contributed by atoms with Gasteiger partial charge >= 0.3 is 5.97 Å². The highest BCUT2D eigenvalue weighted by Crippen LogP contribution is 2.30. The van der Waals surface area contributed by atoms with Crippen molar-refractivity contribution in [1.82, 2.24) is 20.3 Å². The van der Waals surface area contributed by atoms with Crippen molar-refractivity contribution >= 4 is 11.9 Å². The van der Waals surface area contributed by atoms with Crippen LogP contribution in [0.2, 0.25) is 0 Å². The highest BCUT2D eigenvalue weighted by Gasteiger charge is 2.45. The molecule has 0 spiro atoms. The van der Waals surface area contributed by atoms with Crippen LogP contribution in [0.3, 0.4) is 0 Å². The third-order valence-electron chi connectivity index (χ3n) is 4.75. The highest BCUT2D eigenvalue weighted by atomic mass is 16.5. The molecule has 5 N–H and O–H groups in total. The standard InChI is InChI=1S/C19H30N4O7/c1-9(2)5-11-7-23(22-21-11)12-6-14(19(28)29)30-17(16(26)13(25)8-24)15(12)20-18(27)10(3)4/h6-7,9-10,12-13,15-17,24-26H,5,8H2,1-4H3,(H,20,27)(H,28,29)/t12-,13+,15+,16+,17+/m0/s1. The van der Waals surface area contributed by atoms with Crippen LogP contribution in [-0.2, 0) is 20.7 Å². The van der Waals surface area contributed by atoms with Crippen LogP contribution >= 0.6 is 0 Å². The molecule has 0 radical (unpaired) electrons. The molecule has 5 atom stereocenters. The molecule has 0 aliphatic carbocycles. The number of carbonyl (C=O) groups is 2. The van der Waals surface area contributed by atoms with Crippen molar-refractivity contribution < 1.29 is 34.8 Å². The van der Waals surface area contributed by atoms with E-state index in [1.807, 2.05) is 13.8 Å². The Bertz CT molecular complexity index is 777. The van der Waals surface area contributed by atoms with Crippen molar-refractivity contribution in [1.29, 1.82) is 0 Å². The first-order chi connectivity index (χ1) is 14.0. The van der Waals surface area contributed by atoms with Crippen LogP contribution in [0.25, 0.3) is 0 Å². The molecule has 0 aromatic carbocycles. The van der Waals surface area contributed by atoms with Gasteiger partial charge in [-0.1, -0.05) is 32.9 Å². The minimum atomic E-state index is -1.67. The molecular weight excluding hydrogens is 396 g/mol. The number of carbonyl (C=O) groups excluding carboxylic acids is 1. The van der Waals surface area contributed by atoms with Crippen LogP contribution in [0.5, 0.6) is 0 Å². The lowest BCUT2D eigenvalue weighted by molar-refractivity contribution is -0.147. The SMILES string of the molecule is CC(C)Cc1cn([C@H]2C=C(C(=O)O)O[C@@H]([C@H](O)[C@H](O)CO)[C@@H]2NC(=O)C(C)C)nn1. The Morgan fingerprint density at radius 2 is 1.93 bits per heavy atom. The Kier molecular flexibility index (Phi) is 7.93. The lowest BCUT2D eigenvalue weighted by Gasteiger charge is -2.40. The van der Waals surface area contributed by atoms with Crippen molar-refractivity contribution in [3.05, 3.63) is 23.7 Å². The fraction of sp³-hybridized carbons (Fsp3) is 0.684. The van der Waals surface area contributed by atoms with Gasteiger partial charge in [0.1, 0.15) is 18.3 Å². The summed E-state index contributed by atoms with van der Waals surface area (Å²) in [7, 11) is 0. The number of ether oxygens (including phenoxy) is 1. The number of aromatic nitrogens is 3. The zero-order valence-electron chi connectivity index (χ0n) is 17.5. The average Bonchev–Trinajstić information content (AvgIpc) is 3.13. The third kappa shape index (κ3) is 5.55. The van der Waals surface area contributed by atoms with E-state index in [-0.39, 0.29) is 5.91 Å². The number of hydrogen-bond acceptors (Lipinski definition) is 8. The Morgan fingerprint density at radius 1 is 1.27 bits per heavy atom. The monoisotopic (exact) mass is 426 g/mol. The first-order valence-corrected chi connectivity index (χ1v) is 9.85. The smallest absolute Gasteiger partial charge is 0.370 e. The summed E-state index contributed by atoms with van der Waals surface area (Å²) in [5.74, 6) is -2.29. The van der Waals surface area contributed by atoms with Gasteiger partial charge in [0.25, 0.3) is 0 Å². The van der Waals surface area contributed by atoms with Crippen molar-refractivity contribution in [2.24, 2.45) is 11.8 Å². The Labute approximate surface area is 174 Å². The molecule has 1 aliphatic rings. The number of nitrogens with zero attached hydrogens (tertiary/aromatic N) is 3. The van der Waals surface area contributed by atoms with Crippen LogP contribution in [0, 0.1) is 11.8 Å². The molecule has 11 nitrogen and oxygen atoms in total. The molecule has 1 aliphatic heterocycles. The molecule has 0 saturated heterocycles. The zero-order chi connectivity index (χ0) is 22.6. The van der Waals surface area contributed by atoms with E-state index in [1.54, 1.807) is 20.0 Å². The molecule has 1 amide bonds. The predicted molar refractivity (Wildman–Crippen MR) is 104 cm³/mol. The van der Waals surface area contributed by atoms with Crippen molar-refractivity contribution in [3.63, 3.8) is 0 Å². The van der Waals surface area contributed by atoms with E-state index in [1.165, 1.54) is 10.8 Å². The fourth-order valence-corrected chi connectivity index (χ4v) is 3.15. The zero-order valence-corrected chi connectivity index (χ0v) is 17.5. The molecule has 0 fully saturated rings. The first-order valence-electron chi connectivity index (χ1n) is 9.85. The van der Waals surface area contributed by atoms with Crippen molar-refractivity contribution in [2.45, 2.75) is 64.5 Å². The summed E-state index contributed by atoms with van der Waals surface area (Å²) in [6.45, 7) is 6.62. The number of amides is 1. The van der Waals surface area contributed by atoms with E-state index in [0.717, 1.165) is 0 Å². The maximum absolute atomic E-state index is 12.4. The molecular formula is C19H30N4O7. The fourth-order valence-electron chi connectivity index (χ4n) is 3.15. The van der Waals surface area contributed by atoms with Gasteiger partial charge in [0, 0.05) is 12.1 Å². The third-order valence-corrected chi connectivity index (χ3v) is 4.75. The quantitative estimate of drug-likeness (QED) is 0.341.